The maximum absolute atomic E-state index is 10.9. The van der Waals surface area contributed by atoms with Gasteiger partial charge in [0.15, 0.2) is 0 Å². The summed E-state index contributed by atoms with van der Waals surface area (Å²) >= 11 is 0. The summed E-state index contributed by atoms with van der Waals surface area (Å²) in [5, 5.41) is 1.64. The topological polar surface area (TPSA) is 99.4 Å². The zero-order valence-electron chi connectivity index (χ0n) is 12.4. The van der Waals surface area contributed by atoms with Gasteiger partial charge in [0.1, 0.15) is 0 Å². The second-order valence-electron chi connectivity index (χ2n) is 5.42. The van der Waals surface area contributed by atoms with Gasteiger partial charge < -0.3 is 20.9 Å². The Bertz CT molecular complexity index is 691. The van der Waals surface area contributed by atoms with Crippen molar-refractivity contribution in [3.8, 4) is 5.69 Å². The number of nitrogen functional groups attached to an aromatic ring is 1. The summed E-state index contributed by atoms with van der Waals surface area (Å²) in [5.74, 6) is -0.0132. The average molecular weight is 301 g/mol. The van der Waals surface area contributed by atoms with Crippen LogP contribution < -0.4 is 11.5 Å². The van der Waals surface area contributed by atoms with Gasteiger partial charge >= 0.3 is 5.97 Å². The first-order chi connectivity index (χ1) is 10.6. The minimum Gasteiger partial charge on any atom is -0.398 e. The number of carbonyl (C=O) groups is 1. The van der Waals surface area contributed by atoms with Crippen LogP contribution in [0.2, 0.25) is 0 Å². The Labute approximate surface area is 128 Å². The number of anilines is 1. The summed E-state index contributed by atoms with van der Waals surface area (Å²) in [4.78, 5) is 20.3. The molecule has 0 aliphatic carbocycles. The number of hydrogen-bond acceptors (Lipinski definition) is 6. The molecule has 22 heavy (non-hydrogen) atoms. The molecular formula is C15H19N5O2. The molecule has 0 unspecified atom stereocenters. The molecule has 0 saturated carbocycles. The van der Waals surface area contributed by atoms with Crippen LogP contribution >= 0.6 is 0 Å². The second kappa shape index (κ2) is 5.78. The second-order valence-corrected chi connectivity index (χ2v) is 5.42. The van der Waals surface area contributed by atoms with Gasteiger partial charge in [0.2, 0.25) is 0 Å². The number of hydroxylamine groups is 2. The molecule has 0 bridgehead atoms. The van der Waals surface area contributed by atoms with E-state index in [1.54, 1.807) is 11.4 Å². The van der Waals surface area contributed by atoms with E-state index in [1.165, 1.54) is 6.92 Å². The van der Waals surface area contributed by atoms with Crippen molar-refractivity contribution < 1.29 is 9.63 Å². The fourth-order valence-corrected chi connectivity index (χ4v) is 2.50. The highest BCUT2D eigenvalue weighted by molar-refractivity contribution is 5.65. The fraction of sp³-hybridized carbons (Fsp3) is 0.333. The lowest BCUT2D eigenvalue weighted by Crippen LogP contribution is -2.45. The minimum absolute atomic E-state index is 0.279. The van der Waals surface area contributed by atoms with Crippen LogP contribution in [0.3, 0.4) is 0 Å². The molecule has 1 aliphatic rings. The summed E-state index contributed by atoms with van der Waals surface area (Å²) in [6.07, 6.45) is 3.74. The van der Waals surface area contributed by atoms with Gasteiger partial charge in [0.05, 0.1) is 12.0 Å². The van der Waals surface area contributed by atoms with Crippen molar-refractivity contribution in [3.05, 3.63) is 42.0 Å². The van der Waals surface area contributed by atoms with Gasteiger partial charge in [-0.2, -0.15) is 0 Å². The lowest BCUT2D eigenvalue weighted by molar-refractivity contribution is -0.209. The smallest absolute Gasteiger partial charge is 0.322 e. The maximum atomic E-state index is 10.9. The molecule has 0 atom stereocenters. The maximum Gasteiger partial charge on any atom is 0.322 e. The lowest BCUT2D eigenvalue weighted by atomic mass is 10.00. The van der Waals surface area contributed by atoms with Crippen LogP contribution in [0.4, 0.5) is 5.69 Å². The summed E-state index contributed by atoms with van der Waals surface area (Å²) in [7, 11) is 0. The molecule has 0 radical (unpaired) electrons. The Morgan fingerprint density at radius 3 is 2.86 bits per heavy atom. The number of hydrogen-bond donors (Lipinski definition) is 2. The Morgan fingerprint density at radius 1 is 1.45 bits per heavy atom. The van der Waals surface area contributed by atoms with Crippen LogP contribution in [-0.4, -0.2) is 33.7 Å². The molecule has 1 aliphatic heterocycles. The van der Waals surface area contributed by atoms with Crippen LogP contribution in [0.15, 0.2) is 30.7 Å². The first-order valence-electron chi connectivity index (χ1n) is 7.13. The van der Waals surface area contributed by atoms with Crippen molar-refractivity contribution in [2.24, 2.45) is 5.73 Å². The van der Waals surface area contributed by atoms with Gasteiger partial charge in [-0.15, -0.1) is 5.06 Å². The summed E-state index contributed by atoms with van der Waals surface area (Å²) in [6.45, 7) is 3.17. The SMILES string of the molecule is CC(=O)ON1CC(c2cn(-c3ccc(CN)c(N)c3)cn2)C1. The Hall–Kier alpha value is -2.38. The van der Waals surface area contributed by atoms with Gasteiger partial charge in [-0.05, 0) is 17.7 Å². The highest BCUT2D eigenvalue weighted by Gasteiger charge is 2.32. The molecule has 2 aromatic rings. The van der Waals surface area contributed by atoms with Gasteiger partial charge in [0.25, 0.3) is 0 Å². The number of benzene rings is 1. The molecule has 1 aromatic heterocycles. The van der Waals surface area contributed by atoms with E-state index < -0.39 is 0 Å². The number of imidazole rings is 1. The van der Waals surface area contributed by atoms with E-state index in [9.17, 15) is 4.79 Å². The lowest BCUT2D eigenvalue weighted by Gasteiger charge is -2.35. The molecule has 116 valence electrons. The van der Waals surface area contributed by atoms with Crippen molar-refractivity contribution in [1.82, 2.24) is 14.6 Å². The predicted octanol–water partition coefficient (Wildman–Crippen LogP) is 0.790. The quantitative estimate of drug-likeness (QED) is 0.810. The van der Waals surface area contributed by atoms with Crippen molar-refractivity contribution in [2.45, 2.75) is 19.4 Å². The third-order valence-electron chi connectivity index (χ3n) is 3.77. The Kier molecular flexibility index (Phi) is 3.82. The molecule has 0 spiro atoms. The van der Waals surface area contributed by atoms with Crippen molar-refractivity contribution in [2.75, 3.05) is 18.8 Å². The fourth-order valence-electron chi connectivity index (χ4n) is 2.50. The van der Waals surface area contributed by atoms with Crippen molar-refractivity contribution in [3.63, 3.8) is 0 Å². The number of aromatic nitrogens is 2. The number of carbonyl (C=O) groups excluding carboxylic acids is 1. The Morgan fingerprint density at radius 2 is 2.23 bits per heavy atom. The highest BCUT2D eigenvalue weighted by atomic mass is 16.7. The van der Waals surface area contributed by atoms with E-state index in [0.717, 1.165) is 16.9 Å². The van der Waals surface area contributed by atoms with Crippen LogP contribution in [-0.2, 0) is 16.2 Å². The average Bonchev–Trinajstić information content (AvgIpc) is 2.91. The van der Waals surface area contributed by atoms with E-state index in [0.29, 0.717) is 25.3 Å². The molecule has 4 N–H and O–H groups in total. The van der Waals surface area contributed by atoms with Gasteiger partial charge in [0, 0.05) is 50.0 Å². The standard InChI is InChI=1S/C15H19N5O2/c1-10(21)22-20-6-12(7-20)15-8-19(9-18-15)13-3-2-11(5-16)14(17)4-13/h2-4,8-9,12H,5-7,16-17H2,1H3. The van der Waals surface area contributed by atoms with Crippen molar-refractivity contribution >= 4 is 11.7 Å². The summed E-state index contributed by atoms with van der Waals surface area (Å²) in [6, 6.07) is 5.78. The van der Waals surface area contributed by atoms with E-state index in [-0.39, 0.29) is 11.9 Å². The number of nitrogens with zero attached hydrogens (tertiary/aromatic N) is 3. The molecule has 0 amide bonds. The number of nitrogens with two attached hydrogens (primary N) is 2. The van der Waals surface area contributed by atoms with E-state index in [4.69, 9.17) is 16.3 Å². The Balaban J connectivity index is 1.70. The largest absolute Gasteiger partial charge is 0.398 e. The van der Waals surface area contributed by atoms with Gasteiger partial charge in [-0.25, -0.2) is 4.98 Å². The molecular weight excluding hydrogens is 282 g/mol. The minimum atomic E-state index is -0.292. The third kappa shape index (κ3) is 2.81. The van der Waals surface area contributed by atoms with Crippen LogP contribution in [0.25, 0.3) is 5.69 Å². The predicted molar refractivity (Wildman–Crippen MR) is 81.9 cm³/mol. The van der Waals surface area contributed by atoms with E-state index in [2.05, 4.69) is 4.98 Å². The van der Waals surface area contributed by atoms with Crippen LogP contribution in [0.5, 0.6) is 0 Å². The zero-order chi connectivity index (χ0) is 15.7. The third-order valence-corrected chi connectivity index (χ3v) is 3.77. The summed E-state index contributed by atoms with van der Waals surface area (Å²) in [5.41, 5.74) is 15.1. The normalized spacial score (nSPS) is 15.5. The summed E-state index contributed by atoms with van der Waals surface area (Å²) < 4.78 is 1.93. The molecule has 1 aromatic carbocycles. The zero-order valence-corrected chi connectivity index (χ0v) is 12.4. The molecule has 2 heterocycles. The van der Waals surface area contributed by atoms with E-state index >= 15 is 0 Å². The first kappa shape index (κ1) is 14.6. The van der Waals surface area contributed by atoms with Crippen molar-refractivity contribution in [1.29, 1.82) is 0 Å². The monoisotopic (exact) mass is 301 g/mol. The van der Waals surface area contributed by atoms with E-state index in [1.807, 2.05) is 29.0 Å². The highest BCUT2D eigenvalue weighted by Crippen LogP contribution is 2.27. The molecule has 7 nitrogen and oxygen atoms in total. The van der Waals surface area contributed by atoms with Gasteiger partial charge in [-0.3, -0.25) is 4.79 Å². The van der Waals surface area contributed by atoms with Gasteiger partial charge in [-0.1, -0.05) is 6.07 Å². The number of rotatable bonds is 4. The molecule has 3 rings (SSSR count). The molecule has 7 heteroatoms. The van der Waals surface area contributed by atoms with Crippen LogP contribution in [0, 0.1) is 0 Å². The molecule has 1 saturated heterocycles. The first-order valence-corrected chi connectivity index (χ1v) is 7.13. The van der Waals surface area contributed by atoms with Crippen LogP contribution in [0.1, 0.15) is 24.1 Å². The molecule has 1 fully saturated rings.